The van der Waals surface area contributed by atoms with Gasteiger partial charge >= 0.3 is 0 Å². The van der Waals surface area contributed by atoms with E-state index in [2.05, 4.69) is 0 Å². The second-order valence-electron chi connectivity index (χ2n) is 2.13. The van der Waals surface area contributed by atoms with Crippen LogP contribution >= 0.6 is 19.0 Å². The molecular formula is C7H8ClO3P. The summed E-state index contributed by atoms with van der Waals surface area (Å²) in [7, 11) is -1.88. The van der Waals surface area contributed by atoms with Crippen LogP contribution in [0.15, 0.2) is 24.3 Å². The summed E-state index contributed by atoms with van der Waals surface area (Å²) in [6, 6.07) is 6.73. The van der Waals surface area contributed by atoms with Crippen LogP contribution < -0.4 is 0 Å². The molecule has 1 atom stereocenters. The minimum absolute atomic E-state index is 0.123. The molecule has 0 heterocycles. The van der Waals surface area contributed by atoms with Crippen LogP contribution in [0.2, 0.25) is 0 Å². The van der Waals surface area contributed by atoms with E-state index in [0.29, 0.717) is 5.56 Å². The lowest BCUT2D eigenvalue weighted by molar-refractivity contribution is 0.304. The van der Waals surface area contributed by atoms with Gasteiger partial charge in [-0.2, -0.15) is 0 Å². The summed E-state index contributed by atoms with van der Waals surface area (Å²) in [5.41, 5.74) is 0.611. The number of para-hydroxylation sites is 1. The molecule has 0 aliphatic carbocycles. The second kappa shape index (κ2) is 4.63. The number of benzene rings is 1. The standard InChI is InChI=1S/C7H8ClO3P/c8-12(10)11-5-6-3-1-2-4-7(6)9/h1-4,9-10H,5H2. The molecule has 0 radical (unpaired) electrons. The van der Waals surface area contributed by atoms with Crippen molar-refractivity contribution >= 4 is 19.0 Å². The summed E-state index contributed by atoms with van der Waals surface area (Å²) in [4.78, 5) is 8.63. The molecule has 5 heteroatoms. The monoisotopic (exact) mass is 206 g/mol. The number of phenolic OH excluding ortho intramolecular Hbond substituents is 1. The highest BCUT2D eigenvalue weighted by atomic mass is 35.7. The van der Waals surface area contributed by atoms with E-state index in [-0.39, 0.29) is 12.4 Å². The molecule has 2 N–H and O–H groups in total. The first-order chi connectivity index (χ1) is 5.70. The van der Waals surface area contributed by atoms with Crippen molar-refractivity contribution in [2.24, 2.45) is 0 Å². The Morgan fingerprint density at radius 1 is 1.42 bits per heavy atom. The fourth-order valence-electron chi connectivity index (χ4n) is 0.756. The summed E-state index contributed by atoms with van der Waals surface area (Å²) >= 11 is 5.20. The van der Waals surface area contributed by atoms with Crippen molar-refractivity contribution in [3.8, 4) is 5.75 Å². The maximum Gasteiger partial charge on any atom is 0.274 e. The average molecular weight is 207 g/mol. The van der Waals surface area contributed by atoms with Gasteiger partial charge in [-0.25, -0.2) is 0 Å². The molecule has 1 rings (SSSR count). The van der Waals surface area contributed by atoms with Gasteiger partial charge in [-0.3, -0.25) is 0 Å². The maximum absolute atomic E-state index is 9.23. The summed E-state index contributed by atoms with van der Waals surface area (Å²) in [5, 5.41) is 9.23. The molecule has 0 fully saturated rings. The van der Waals surface area contributed by atoms with E-state index >= 15 is 0 Å². The highest BCUT2D eigenvalue weighted by Gasteiger charge is 2.03. The van der Waals surface area contributed by atoms with Gasteiger partial charge in [0.15, 0.2) is 0 Å². The lowest BCUT2D eigenvalue weighted by atomic mass is 10.2. The van der Waals surface area contributed by atoms with Gasteiger partial charge in [0, 0.05) is 5.56 Å². The van der Waals surface area contributed by atoms with E-state index in [1.165, 1.54) is 0 Å². The third kappa shape index (κ3) is 2.95. The van der Waals surface area contributed by atoms with Crippen LogP contribution in [0.5, 0.6) is 5.75 Å². The van der Waals surface area contributed by atoms with E-state index in [4.69, 9.17) is 20.7 Å². The van der Waals surface area contributed by atoms with Crippen molar-refractivity contribution < 1.29 is 14.5 Å². The molecule has 0 aliphatic rings. The predicted molar refractivity (Wildman–Crippen MR) is 47.9 cm³/mol. The Morgan fingerprint density at radius 3 is 2.67 bits per heavy atom. The minimum atomic E-state index is -1.88. The van der Waals surface area contributed by atoms with E-state index in [1.807, 2.05) is 0 Å². The van der Waals surface area contributed by atoms with Crippen LogP contribution in [0, 0.1) is 0 Å². The lowest BCUT2D eigenvalue weighted by Gasteiger charge is -2.04. The number of hydrogen-bond donors (Lipinski definition) is 2. The first-order valence-corrected chi connectivity index (χ1v) is 5.36. The number of phenols is 1. The molecule has 0 saturated carbocycles. The summed E-state index contributed by atoms with van der Waals surface area (Å²) in [6.45, 7) is 0.123. The van der Waals surface area contributed by atoms with Gasteiger partial charge in [-0.1, -0.05) is 18.2 Å². The van der Waals surface area contributed by atoms with Crippen LogP contribution in [0.3, 0.4) is 0 Å². The summed E-state index contributed by atoms with van der Waals surface area (Å²) < 4.78 is 4.73. The molecule has 3 nitrogen and oxygen atoms in total. The first kappa shape index (κ1) is 9.75. The Balaban J connectivity index is 2.57. The Kier molecular flexibility index (Phi) is 3.76. The minimum Gasteiger partial charge on any atom is -0.508 e. The molecule has 1 aromatic rings. The smallest absolute Gasteiger partial charge is 0.274 e. The van der Waals surface area contributed by atoms with Crippen molar-refractivity contribution in [3.63, 3.8) is 0 Å². The third-order valence-corrected chi connectivity index (χ3v) is 1.95. The van der Waals surface area contributed by atoms with Gasteiger partial charge < -0.3 is 14.5 Å². The Morgan fingerprint density at radius 2 is 2.08 bits per heavy atom. The van der Waals surface area contributed by atoms with Gasteiger partial charge in [0.1, 0.15) is 5.75 Å². The van der Waals surface area contributed by atoms with Gasteiger partial charge in [0.05, 0.1) is 6.61 Å². The predicted octanol–water partition coefficient (Wildman–Crippen LogP) is 2.37. The molecule has 0 aliphatic heterocycles. The molecular weight excluding hydrogens is 199 g/mol. The number of aromatic hydroxyl groups is 1. The molecule has 12 heavy (non-hydrogen) atoms. The quantitative estimate of drug-likeness (QED) is 0.747. The number of rotatable bonds is 3. The van der Waals surface area contributed by atoms with E-state index in [0.717, 1.165) is 0 Å². The third-order valence-electron chi connectivity index (χ3n) is 1.32. The maximum atomic E-state index is 9.23. The Hall–Kier alpha value is -0.340. The van der Waals surface area contributed by atoms with Crippen LogP contribution in [-0.2, 0) is 11.1 Å². The average Bonchev–Trinajstić information content (AvgIpc) is 2.03. The Bertz CT molecular complexity index is 254. The Labute approximate surface area is 76.3 Å². The molecule has 66 valence electrons. The van der Waals surface area contributed by atoms with Gasteiger partial charge in [-0.05, 0) is 17.3 Å². The SMILES string of the molecule is Oc1ccccc1COP(O)Cl. The van der Waals surface area contributed by atoms with Crippen LogP contribution in [0.4, 0.5) is 0 Å². The van der Waals surface area contributed by atoms with Gasteiger partial charge in [0.25, 0.3) is 7.73 Å². The molecule has 0 saturated heterocycles. The van der Waals surface area contributed by atoms with Crippen LogP contribution in [0.25, 0.3) is 0 Å². The first-order valence-electron chi connectivity index (χ1n) is 3.24. The molecule has 0 aromatic heterocycles. The highest BCUT2D eigenvalue weighted by molar-refractivity contribution is 7.75. The van der Waals surface area contributed by atoms with Crippen molar-refractivity contribution in [1.29, 1.82) is 0 Å². The lowest BCUT2D eigenvalue weighted by Crippen LogP contribution is -1.86. The fourth-order valence-corrected chi connectivity index (χ4v) is 1.15. The van der Waals surface area contributed by atoms with Crippen molar-refractivity contribution in [2.45, 2.75) is 6.61 Å². The normalized spacial score (nSPS) is 12.8. The fraction of sp³-hybridized carbons (Fsp3) is 0.143. The zero-order valence-electron chi connectivity index (χ0n) is 6.14. The van der Waals surface area contributed by atoms with E-state index < -0.39 is 7.73 Å². The van der Waals surface area contributed by atoms with Gasteiger partial charge in [-0.15, -0.1) is 0 Å². The van der Waals surface area contributed by atoms with Crippen molar-refractivity contribution in [1.82, 2.24) is 0 Å². The van der Waals surface area contributed by atoms with Crippen molar-refractivity contribution in [2.75, 3.05) is 0 Å². The molecule has 0 amide bonds. The van der Waals surface area contributed by atoms with Gasteiger partial charge in [0.2, 0.25) is 0 Å². The van der Waals surface area contributed by atoms with Crippen LogP contribution in [-0.4, -0.2) is 10.00 Å². The zero-order valence-corrected chi connectivity index (χ0v) is 7.79. The van der Waals surface area contributed by atoms with Crippen molar-refractivity contribution in [3.05, 3.63) is 29.8 Å². The molecule has 1 aromatic carbocycles. The topological polar surface area (TPSA) is 49.7 Å². The number of halogens is 1. The van der Waals surface area contributed by atoms with Crippen LogP contribution in [0.1, 0.15) is 5.56 Å². The largest absolute Gasteiger partial charge is 0.508 e. The zero-order chi connectivity index (χ0) is 8.97. The second-order valence-corrected chi connectivity index (χ2v) is 3.71. The number of hydrogen-bond acceptors (Lipinski definition) is 3. The molecule has 0 bridgehead atoms. The summed E-state index contributed by atoms with van der Waals surface area (Å²) in [5.74, 6) is 0.144. The van der Waals surface area contributed by atoms with E-state index in [1.54, 1.807) is 24.3 Å². The molecule has 1 unspecified atom stereocenters. The molecule has 0 spiro atoms. The van der Waals surface area contributed by atoms with E-state index in [9.17, 15) is 5.11 Å². The summed E-state index contributed by atoms with van der Waals surface area (Å²) in [6.07, 6.45) is 0. The highest BCUT2D eigenvalue weighted by Crippen LogP contribution is 2.38.